The number of hydrogen-bond acceptors (Lipinski definition) is 10. The van der Waals surface area contributed by atoms with Crippen LogP contribution in [-0.4, -0.2) is 53.1 Å². The van der Waals surface area contributed by atoms with E-state index in [1.165, 1.54) is 16.2 Å². The molecular weight excluding hydrogens is 621 g/mol. The van der Waals surface area contributed by atoms with Crippen molar-refractivity contribution in [3.63, 3.8) is 0 Å². The molecule has 0 saturated carbocycles. The van der Waals surface area contributed by atoms with Crippen LogP contribution in [0.3, 0.4) is 0 Å². The van der Waals surface area contributed by atoms with E-state index in [9.17, 15) is 9.59 Å². The van der Waals surface area contributed by atoms with Gasteiger partial charge in [-0.25, -0.2) is 19.6 Å². The predicted octanol–water partition coefficient (Wildman–Crippen LogP) is 5.55. The topological polar surface area (TPSA) is 185 Å². The van der Waals surface area contributed by atoms with Crippen molar-refractivity contribution in [2.75, 3.05) is 35.4 Å². The van der Waals surface area contributed by atoms with Gasteiger partial charge in [-0.2, -0.15) is 10.5 Å². The highest BCUT2D eigenvalue weighted by atomic mass is 32.1. The van der Waals surface area contributed by atoms with Crippen LogP contribution < -0.4 is 27.0 Å². The molecule has 0 bridgehead atoms. The highest BCUT2D eigenvalue weighted by molar-refractivity contribution is 7.16. The van der Waals surface area contributed by atoms with Gasteiger partial charge in [0.1, 0.15) is 0 Å². The summed E-state index contributed by atoms with van der Waals surface area (Å²) in [6, 6.07) is 17.6. The third kappa shape index (κ3) is 8.65. The van der Waals surface area contributed by atoms with Gasteiger partial charge >= 0.3 is 12.1 Å². The fourth-order valence-electron chi connectivity index (χ4n) is 5.16. The highest BCUT2D eigenvalue weighted by Crippen LogP contribution is 2.31. The Kier molecular flexibility index (Phi) is 10.6. The van der Waals surface area contributed by atoms with E-state index in [-0.39, 0.29) is 18.1 Å². The van der Waals surface area contributed by atoms with Crippen LogP contribution in [0.4, 0.5) is 31.2 Å². The molecule has 2 heterocycles. The van der Waals surface area contributed by atoms with Gasteiger partial charge in [0.15, 0.2) is 10.3 Å². The van der Waals surface area contributed by atoms with Crippen LogP contribution in [0.15, 0.2) is 48.5 Å². The van der Waals surface area contributed by atoms with Crippen LogP contribution in [0.25, 0.3) is 0 Å². The second-order valence-corrected chi connectivity index (χ2v) is 13.4. The number of aryl methyl sites for hydroxylation is 2. The monoisotopic (exact) mass is 654 g/mol. The normalized spacial score (nSPS) is 16.4. The lowest BCUT2D eigenvalue weighted by Gasteiger charge is -2.27. The van der Waals surface area contributed by atoms with E-state index in [0.717, 1.165) is 54.8 Å². The summed E-state index contributed by atoms with van der Waals surface area (Å²) in [5.74, 6) is 0. The number of rotatable bonds is 5. The lowest BCUT2D eigenvalue weighted by molar-refractivity contribution is 0.261. The molecule has 0 fully saturated rings. The lowest BCUT2D eigenvalue weighted by atomic mass is 9.97. The number of fused-ring (bicyclic) bond motifs is 2. The number of carbonyl (C=O) groups excluding carboxylic acids is 2. The first-order valence-corrected chi connectivity index (χ1v) is 16.4. The summed E-state index contributed by atoms with van der Waals surface area (Å²) >= 11 is 3.01. The number of hydrogen-bond donors (Lipinski definition) is 5. The van der Waals surface area contributed by atoms with Crippen LogP contribution in [0.1, 0.15) is 45.1 Å². The molecule has 4 amide bonds. The molecule has 236 valence electrons. The van der Waals surface area contributed by atoms with Gasteiger partial charge in [0.05, 0.1) is 34.7 Å². The third-order valence-corrected chi connectivity index (χ3v) is 9.63. The van der Waals surface area contributed by atoms with Gasteiger partial charge in [0.25, 0.3) is 0 Å². The molecule has 0 aliphatic heterocycles. The van der Waals surface area contributed by atoms with Gasteiger partial charge in [0.2, 0.25) is 0 Å². The summed E-state index contributed by atoms with van der Waals surface area (Å²) < 4.78 is 0. The van der Waals surface area contributed by atoms with E-state index in [4.69, 9.17) is 16.3 Å². The van der Waals surface area contributed by atoms with E-state index >= 15 is 0 Å². The first kappa shape index (κ1) is 32.5. The molecule has 2 aliphatic carbocycles. The Morgan fingerprint density at radius 3 is 1.80 bits per heavy atom. The zero-order chi connectivity index (χ0) is 32.6. The average molecular weight is 655 g/mol. The number of nitrogens with one attached hydrogen (secondary N) is 4. The SMILES string of the molecule is CN(C)C1CCc2nc(NC(=O)Nc3cccc(C#N)c3)sc2C1.N#Cc1cccc(NC(=O)Nc2nc3c(s2)CC(N)CC3)c1. The van der Waals surface area contributed by atoms with Crippen LogP contribution >= 0.6 is 22.7 Å². The van der Waals surface area contributed by atoms with Crippen molar-refractivity contribution >= 4 is 56.4 Å². The average Bonchev–Trinajstić information content (AvgIpc) is 3.63. The van der Waals surface area contributed by atoms with Crippen LogP contribution in [-0.2, 0) is 25.7 Å². The number of benzene rings is 2. The zero-order valence-electron chi connectivity index (χ0n) is 25.5. The Bertz CT molecular complexity index is 1800. The third-order valence-electron chi connectivity index (χ3n) is 7.56. The maximum absolute atomic E-state index is 12.1. The van der Waals surface area contributed by atoms with Crippen LogP contribution in [0, 0.1) is 22.7 Å². The molecule has 14 heteroatoms. The molecule has 6 N–H and O–H groups in total. The number of amides is 4. The number of urea groups is 2. The summed E-state index contributed by atoms with van der Waals surface area (Å²) in [6.45, 7) is 0. The van der Waals surface area contributed by atoms with Gasteiger partial charge in [-0.05, 0) is 89.0 Å². The standard InChI is InChI=1S/C17H19N5OS.C15H15N5OS/c1-22(2)13-6-7-14-15(9-13)24-17(20-14)21-16(23)19-12-5-3-4-11(8-12)10-18;16-8-9-2-1-3-11(6-9)18-14(21)20-15-19-12-5-4-10(17)7-13(12)22-15/h3-5,8,13H,6-7,9H2,1-2H3,(H2,19,20,21,23);1-3,6,10H,4-5,7,17H2,(H2,18,19,20,21). The minimum atomic E-state index is -0.370. The van der Waals surface area contributed by atoms with E-state index in [1.807, 2.05) is 6.07 Å². The Morgan fingerprint density at radius 1 is 0.804 bits per heavy atom. The largest absolute Gasteiger partial charge is 0.327 e. The van der Waals surface area contributed by atoms with Gasteiger partial charge in [-0.1, -0.05) is 12.1 Å². The molecule has 2 unspecified atom stereocenters. The van der Waals surface area contributed by atoms with Crippen molar-refractivity contribution in [2.24, 2.45) is 5.73 Å². The number of nitriles is 2. The smallest absolute Gasteiger partial charge is 0.325 e. The second kappa shape index (κ2) is 14.9. The molecule has 0 radical (unpaired) electrons. The Morgan fingerprint density at radius 2 is 1.30 bits per heavy atom. The van der Waals surface area contributed by atoms with Crippen LogP contribution in [0.2, 0.25) is 0 Å². The Balaban J connectivity index is 0.000000182. The fourth-order valence-corrected chi connectivity index (χ4v) is 7.33. The maximum Gasteiger partial charge on any atom is 0.325 e. The van der Waals surface area contributed by atoms with Crippen molar-refractivity contribution < 1.29 is 9.59 Å². The summed E-state index contributed by atoms with van der Waals surface area (Å²) in [7, 11) is 4.19. The summed E-state index contributed by atoms with van der Waals surface area (Å²) in [5.41, 5.74) is 10.2. The zero-order valence-corrected chi connectivity index (χ0v) is 27.1. The number of nitrogens with zero attached hydrogens (tertiary/aromatic N) is 5. The van der Waals surface area contributed by atoms with Gasteiger partial charge < -0.3 is 21.3 Å². The molecular formula is C32H34N10O2S2. The second-order valence-electron chi connectivity index (χ2n) is 11.2. The Hall–Kier alpha value is -4.86. The molecule has 2 aromatic heterocycles. The number of anilines is 4. The molecule has 12 nitrogen and oxygen atoms in total. The van der Waals surface area contributed by atoms with Crippen molar-refractivity contribution in [2.45, 2.75) is 50.6 Å². The van der Waals surface area contributed by atoms with Gasteiger partial charge in [-0.3, -0.25) is 10.6 Å². The van der Waals surface area contributed by atoms with Gasteiger partial charge in [-0.15, -0.1) is 22.7 Å². The van der Waals surface area contributed by atoms with Crippen molar-refractivity contribution in [1.82, 2.24) is 14.9 Å². The van der Waals surface area contributed by atoms with Crippen molar-refractivity contribution in [3.05, 3.63) is 80.8 Å². The summed E-state index contributed by atoms with van der Waals surface area (Å²) in [4.78, 5) is 37.7. The highest BCUT2D eigenvalue weighted by Gasteiger charge is 2.24. The van der Waals surface area contributed by atoms with E-state index < -0.39 is 0 Å². The minimum Gasteiger partial charge on any atom is -0.327 e. The molecule has 6 rings (SSSR count). The molecule has 2 aromatic carbocycles. The first-order chi connectivity index (χ1) is 22.2. The summed E-state index contributed by atoms with van der Waals surface area (Å²) in [5, 5.41) is 29.9. The number of nitrogens with two attached hydrogens (primary N) is 1. The Labute approximate surface area is 275 Å². The van der Waals surface area contributed by atoms with Gasteiger partial charge in [0, 0.05) is 33.2 Å². The predicted molar refractivity (Wildman–Crippen MR) is 181 cm³/mol. The quantitative estimate of drug-likeness (QED) is 0.185. The maximum atomic E-state index is 12.1. The van der Waals surface area contributed by atoms with E-state index in [0.29, 0.717) is 38.8 Å². The van der Waals surface area contributed by atoms with E-state index in [1.54, 1.807) is 59.9 Å². The fraction of sp³-hybridized carbons (Fsp3) is 0.312. The number of thiazole rings is 2. The molecule has 2 aliphatic rings. The van der Waals surface area contributed by atoms with Crippen molar-refractivity contribution in [3.8, 4) is 12.1 Å². The number of carbonyl (C=O) groups is 2. The lowest BCUT2D eigenvalue weighted by Crippen LogP contribution is -2.32. The molecule has 4 aromatic rings. The first-order valence-electron chi connectivity index (χ1n) is 14.7. The molecule has 0 spiro atoms. The molecule has 0 saturated heterocycles. The minimum absolute atomic E-state index is 0.184. The molecule has 2 atom stereocenters. The van der Waals surface area contributed by atoms with E-state index in [2.05, 4.69) is 56.3 Å². The van der Waals surface area contributed by atoms with Crippen LogP contribution in [0.5, 0.6) is 0 Å². The number of likely N-dealkylation sites (N-methyl/N-ethyl adjacent to an activating group) is 1. The molecule has 46 heavy (non-hydrogen) atoms. The van der Waals surface area contributed by atoms with Crippen molar-refractivity contribution in [1.29, 1.82) is 10.5 Å². The number of aromatic nitrogens is 2. The summed E-state index contributed by atoms with van der Waals surface area (Å²) in [6.07, 6.45) is 5.64.